The lowest BCUT2D eigenvalue weighted by atomic mass is 10.0. The standard InChI is InChI=1S/C15H20BrNO/c1-9-6-7-11(16)10(8-9)12(18)17-13-14(2,3)15(13,4)5/h6-8,13H,1-5H3,(H,17,18). The van der Waals surface area contributed by atoms with Crippen molar-refractivity contribution in [3.05, 3.63) is 33.8 Å². The van der Waals surface area contributed by atoms with Crippen molar-refractivity contribution in [3.8, 4) is 0 Å². The van der Waals surface area contributed by atoms with E-state index in [9.17, 15) is 4.79 Å². The summed E-state index contributed by atoms with van der Waals surface area (Å²) in [5.41, 5.74) is 2.14. The highest BCUT2D eigenvalue weighted by Crippen LogP contribution is 2.62. The molecule has 0 heterocycles. The van der Waals surface area contributed by atoms with Crippen molar-refractivity contribution in [2.24, 2.45) is 10.8 Å². The van der Waals surface area contributed by atoms with Crippen LogP contribution >= 0.6 is 15.9 Å². The van der Waals surface area contributed by atoms with Crippen LogP contribution < -0.4 is 5.32 Å². The molecule has 2 rings (SSSR count). The highest BCUT2D eigenvalue weighted by atomic mass is 79.9. The number of halogens is 1. The van der Waals surface area contributed by atoms with Crippen LogP contribution in [0.25, 0.3) is 0 Å². The first-order chi connectivity index (χ1) is 8.18. The lowest BCUT2D eigenvalue weighted by Crippen LogP contribution is -2.30. The van der Waals surface area contributed by atoms with Gasteiger partial charge in [-0.1, -0.05) is 39.3 Å². The Hall–Kier alpha value is -0.830. The summed E-state index contributed by atoms with van der Waals surface area (Å²) < 4.78 is 0.849. The largest absolute Gasteiger partial charge is 0.348 e. The summed E-state index contributed by atoms with van der Waals surface area (Å²) in [6.45, 7) is 10.8. The van der Waals surface area contributed by atoms with Gasteiger partial charge in [-0.2, -0.15) is 0 Å². The van der Waals surface area contributed by atoms with Gasteiger partial charge in [0.1, 0.15) is 0 Å². The number of benzene rings is 1. The fraction of sp³-hybridized carbons (Fsp3) is 0.533. The molecule has 1 aromatic rings. The second kappa shape index (κ2) is 4.09. The summed E-state index contributed by atoms with van der Waals surface area (Å²) in [5, 5.41) is 3.15. The summed E-state index contributed by atoms with van der Waals surface area (Å²) in [7, 11) is 0. The van der Waals surface area contributed by atoms with E-state index in [-0.39, 0.29) is 22.8 Å². The lowest BCUT2D eigenvalue weighted by Gasteiger charge is -2.09. The molecule has 2 nitrogen and oxygen atoms in total. The summed E-state index contributed by atoms with van der Waals surface area (Å²) in [6, 6.07) is 6.08. The molecule has 0 aromatic heterocycles. The van der Waals surface area contributed by atoms with Crippen molar-refractivity contribution in [1.82, 2.24) is 5.32 Å². The fourth-order valence-electron chi connectivity index (χ4n) is 2.58. The topological polar surface area (TPSA) is 29.1 Å². The van der Waals surface area contributed by atoms with Gasteiger partial charge in [0, 0.05) is 10.5 Å². The van der Waals surface area contributed by atoms with Gasteiger partial charge in [-0.25, -0.2) is 0 Å². The first-order valence-electron chi connectivity index (χ1n) is 6.25. The van der Waals surface area contributed by atoms with Gasteiger partial charge in [-0.05, 0) is 45.8 Å². The van der Waals surface area contributed by atoms with Crippen molar-refractivity contribution >= 4 is 21.8 Å². The van der Waals surface area contributed by atoms with Crippen LogP contribution in [0.15, 0.2) is 22.7 Å². The minimum atomic E-state index is 0.00854. The van der Waals surface area contributed by atoms with E-state index in [2.05, 4.69) is 48.9 Å². The fourth-order valence-corrected chi connectivity index (χ4v) is 3.01. The third-order valence-electron chi connectivity index (χ3n) is 4.66. The second-order valence-corrected chi connectivity index (χ2v) is 7.19. The maximum atomic E-state index is 12.3. The van der Waals surface area contributed by atoms with E-state index >= 15 is 0 Å². The molecule has 18 heavy (non-hydrogen) atoms. The third-order valence-corrected chi connectivity index (χ3v) is 5.35. The van der Waals surface area contributed by atoms with Crippen molar-refractivity contribution in [1.29, 1.82) is 0 Å². The van der Waals surface area contributed by atoms with E-state index in [1.807, 2.05) is 25.1 Å². The van der Waals surface area contributed by atoms with Gasteiger partial charge in [0.05, 0.1) is 5.56 Å². The van der Waals surface area contributed by atoms with E-state index in [1.165, 1.54) is 0 Å². The highest BCUT2D eigenvalue weighted by molar-refractivity contribution is 9.10. The molecule has 0 radical (unpaired) electrons. The zero-order valence-corrected chi connectivity index (χ0v) is 13.2. The molecule has 1 saturated carbocycles. The summed E-state index contributed by atoms with van der Waals surface area (Å²) in [5.74, 6) is 0.00854. The van der Waals surface area contributed by atoms with Crippen LogP contribution in [-0.2, 0) is 0 Å². The molecule has 1 amide bonds. The van der Waals surface area contributed by atoms with E-state index in [1.54, 1.807) is 0 Å². The minimum absolute atomic E-state index is 0.00854. The number of carbonyl (C=O) groups excluding carboxylic acids is 1. The molecule has 1 aliphatic rings. The van der Waals surface area contributed by atoms with Crippen LogP contribution in [0.1, 0.15) is 43.6 Å². The minimum Gasteiger partial charge on any atom is -0.348 e. The smallest absolute Gasteiger partial charge is 0.252 e. The van der Waals surface area contributed by atoms with Gasteiger partial charge in [0.25, 0.3) is 5.91 Å². The molecule has 1 aliphatic carbocycles. The number of nitrogens with one attached hydrogen (secondary N) is 1. The normalized spacial score (nSPS) is 20.6. The van der Waals surface area contributed by atoms with Crippen molar-refractivity contribution < 1.29 is 4.79 Å². The van der Waals surface area contributed by atoms with Gasteiger partial charge in [-0.15, -0.1) is 0 Å². The Morgan fingerprint density at radius 1 is 1.22 bits per heavy atom. The maximum absolute atomic E-state index is 12.3. The van der Waals surface area contributed by atoms with Gasteiger partial charge in [0.2, 0.25) is 0 Å². The van der Waals surface area contributed by atoms with E-state index in [0.29, 0.717) is 5.56 Å². The Morgan fingerprint density at radius 3 is 2.28 bits per heavy atom. The van der Waals surface area contributed by atoms with E-state index in [4.69, 9.17) is 0 Å². The zero-order chi connectivity index (χ0) is 13.7. The average molecular weight is 310 g/mol. The Kier molecular flexibility index (Phi) is 3.09. The van der Waals surface area contributed by atoms with Gasteiger partial charge >= 0.3 is 0 Å². The van der Waals surface area contributed by atoms with Crippen LogP contribution in [0.4, 0.5) is 0 Å². The number of hydrogen-bond acceptors (Lipinski definition) is 1. The second-order valence-electron chi connectivity index (χ2n) is 6.33. The quantitative estimate of drug-likeness (QED) is 0.881. The average Bonchev–Trinajstić information content (AvgIpc) is 2.64. The molecule has 1 fully saturated rings. The number of amides is 1. The lowest BCUT2D eigenvalue weighted by molar-refractivity contribution is 0.0943. The summed E-state index contributed by atoms with van der Waals surface area (Å²) >= 11 is 3.44. The van der Waals surface area contributed by atoms with Crippen LogP contribution in [0.5, 0.6) is 0 Å². The van der Waals surface area contributed by atoms with Crippen LogP contribution in [0.3, 0.4) is 0 Å². The van der Waals surface area contributed by atoms with Gasteiger partial charge in [-0.3, -0.25) is 4.79 Å². The molecule has 0 saturated heterocycles. The molecule has 0 unspecified atom stereocenters. The summed E-state index contributed by atoms with van der Waals surface area (Å²) in [6.07, 6.45) is 0. The Balaban J connectivity index is 2.17. The number of aryl methyl sites for hydroxylation is 1. The molecule has 3 heteroatoms. The van der Waals surface area contributed by atoms with Gasteiger partial charge < -0.3 is 5.32 Å². The summed E-state index contributed by atoms with van der Waals surface area (Å²) in [4.78, 5) is 12.3. The van der Waals surface area contributed by atoms with Crippen molar-refractivity contribution in [3.63, 3.8) is 0 Å². The van der Waals surface area contributed by atoms with Crippen LogP contribution in [0.2, 0.25) is 0 Å². The number of carbonyl (C=O) groups is 1. The SMILES string of the molecule is Cc1ccc(Br)c(C(=O)NC2C(C)(C)C2(C)C)c1. The van der Waals surface area contributed by atoms with Crippen LogP contribution in [-0.4, -0.2) is 11.9 Å². The number of rotatable bonds is 2. The predicted octanol–water partition coefficient (Wildman–Crippen LogP) is 3.92. The molecular formula is C15H20BrNO. The third kappa shape index (κ3) is 1.99. The maximum Gasteiger partial charge on any atom is 0.252 e. The molecule has 1 aromatic carbocycles. The van der Waals surface area contributed by atoms with Crippen molar-refractivity contribution in [2.45, 2.75) is 40.7 Å². The number of hydrogen-bond donors (Lipinski definition) is 1. The van der Waals surface area contributed by atoms with Crippen molar-refractivity contribution in [2.75, 3.05) is 0 Å². The van der Waals surface area contributed by atoms with E-state index in [0.717, 1.165) is 10.0 Å². The highest BCUT2D eigenvalue weighted by Gasteiger charge is 2.65. The first kappa shape index (κ1) is 13.6. The molecular weight excluding hydrogens is 290 g/mol. The Morgan fingerprint density at radius 2 is 1.78 bits per heavy atom. The predicted molar refractivity (Wildman–Crippen MR) is 77.7 cm³/mol. The van der Waals surface area contributed by atoms with Gasteiger partial charge in [0.15, 0.2) is 0 Å². The monoisotopic (exact) mass is 309 g/mol. The van der Waals surface area contributed by atoms with Crippen LogP contribution in [0, 0.1) is 17.8 Å². The Labute approximate surface area is 117 Å². The first-order valence-corrected chi connectivity index (χ1v) is 7.04. The molecule has 0 spiro atoms. The van der Waals surface area contributed by atoms with E-state index < -0.39 is 0 Å². The molecule has 0 bridgehead atoms. The molecule has 0 atom stereocenters. The molecule has 98 valence electrons. The Bertz CT molecular complexity index is 491. The molecule has 0 aliphatic heterocycles. The zero-order valence-electron chi connectivity index (χ0n) is 11.6. The molecule has 1 N–H and O–H groups in total.